The molecule has 3 nitrogen and oxygen atoms in total. The predicted molar refractivity (Wildman–Crippen MR) is 83.6 cm³/mol. The third kappa shape index (κ3) is 3.28. The lowest BCUT2D eigenvalue weighted by Gasteiger charge is -2.47. The quantitative estimate of drug-likeness (QED) is 0.928. The molecule has 3 atom stereocenters. The van der Waals surface area contributed by atoms with Gasteiger partial charge in [-0.15, -0.1) is 0 Å². The molecule has 3 unspecified atom stereocenters. The number of hydrogen-bond acceptors (Lipinski definition) is 3. The maximum absolute atomic E-state index is 13.2. The zero-order valence-electron chi connectivity index (χ0n) is 12.8. The van der Waals surface area contributed by atoms with Crippen LogP contribution < -0.4 is 5.73 Å². The molecule has 2 heterocycles. The van der Waals surface area contributed by atoms with Gasteiger partial charge in [-0.3, -0.25) is 9.80 Å². The highest BCUT2D eigenvalue weighted by Crippen LogP contribution is 2.29. The van der Waals surface area contributed by atoms with Gasteiger partial charge in [-0.1, -0.05) is 18.6 Å². The minimum absolute atomic E-state index is 0.0469. The molecule has 0 aliphatic carbocycles. The number of piperazine rings is 1. The fraction of sp³-hybridized carbons (Fsp3) is 0.647. The number of fused-ring (bicyclic) bond motifs is 1. The van der Waals surface area contributed by atoms with Gasteiger partial charge in [0.05, 0.1) is 0 Å². The van der Waals surface area contributed by atoms with Crippen LogP contribution in [0.5, 0.6) is 0 Å². The van der Waals surface area contributed by atoms with Crippen LogP contribution in [0.3, 0.4) is 0 Å². The molecule has 1 aromatic carbocycles. The number of nitrogens with two attached hydrogens (primary N) is 1. The van der Waals surface area contributed by atoms with Crippen LogP contribution in [-0.2, 0) is 0 Å². The normalized spacial score (nSPS) is 27.1. The Bertz CT molecular complexity index is 460. The van der Waals surface area contributed by atoms with Crippen molar-refractivity contribution in [3.8, 4) is 0 Å². The van der Waals surface area contributed by atoms with Gasteiger partial charge in [0.15, 0.2) is 0 Å². The van der Waals surface area contributed by atoms with E-state index in [2.05, 4.69) is 16.7 Å². The highest BCUT2D eigenvalue weighted by Gasteiger charge is 2.33. The molecule has 0 spiro atoms. The molecule has 2 N–H and O–H groups in total. The van der Waals surface area contributed by atoms with E-state index in [1.165, 1.54) is 25.8 Å². The van der Waals surface area contributed by atoms with Gasteiger partial charge in [0.25, 0.3) is 0 Å². The van der Waals surface area contributed by atoms with Crippen molar-refractivity contribution in [3.63, 3.8) is 0 Å². The largest absolute Gasteiger partial charge is 0.326 e. The predicted octanol–water partition coefficient (Wildman–Crippen LogP) is 2.38. The summed E-state index contributed by atoms with van der Waals surface area (Å²) in [5, 5.41) is 0. The van der Waals surface area contributed by atoms with Crippen LogP contribution in [0.1, 0.15) is 37.8 Å². The average Bonchev–Trinajstić information content (AvgIpc) is 2.49. The van der Waals surface area contributed by atoms with E-state index >= 15 is 0 Å². The molecule has 21 heavy (non-hydrogen) atoms. The van der Waals surface area contributed by atoms with Gasteiger partial charge in [0, 0.05) is 37.8 Å². The van der Waals surface area contributed by atoms with E-state index in [1.807, 2.05) is 12.1 Å². The van der Waals surface area contributed by atoms with Crippen molar-refractivity contribution >= 4 is 0 Å². The van der Waals surface area contributed by atoms with Crippen LogP contribution in [0, 0.1) is 5.82 Å². The fourth-order valence-corrected chi connectivity index (χ4v) is 3.94. The summed E-state index contributed by atoms with van der Waals surface area (Å²) in [7, 11) is 0. The molecular formula is C17H26FN3. The van der Waals surface area contributed by atoms with Crippen LogP contribution in [0.4, 0.5) is 4.39 Å². The number of halogens is 1. The number of benzene rings is 1. The molecule has 0 radical (unpaired) electrons. The molecule has 0 amide bonds. The summed E-state index contributed by atoms with van der Waals surface area (Å²) in [5.41, 5.74) is 7.39. The zero-order valence-corrected chi connectivity index (χ0v) is 12.8. The summed E-state index contributed by atoms with van der Waals surface area (Å²) in [6.07, 6.45) is 3.98. The second kappa shape index (κ2) is 6.42. The first-order valence-corrected chi connectivity index (χ1v) is 8.14. The Morgan fingerprint density at radius 1 is 1.14 bits per heavy atom. The molecule has 1 aromatic rings. The SMILES string of the molecule is CC(N)C(c1ccc(F)cc1)N1CCN2CCCCC2C1. The lowest BCUT2D eigenvalue weighted by Crippen LogP contribution is -2.57. The van der Waals surface area contributed by atoms with Crippen molar-refractivity contribution in [3.05, 3.63) is 35.6 Å². The van der Waals surface area contributed by atoms with Crippen molar-refractivity contribution < 1.29 is 4.39 Å². The van der Waals surface area contributed by atoms with Gasteiger partial charge in [-0.2, -0.15) is 0 Å². The Kier molecular flexibility index (Phi) is 4.57. The Morgan fingerprint density at radius 3 is 2.62 bits per heavy atom. The molecule has 2 aliphatic rings. The first-order chi connectivity index (χ1) is 10.1. The van der Waals surface area contributed by atoms with Crippen molar-refractivity contribution in [2.45, 2.75) is 44.3 Å². The Balaban J connectivity index is 1.76. The van der Waals surface area contributed by atoms with Crippen molar-refractivity contribution in [1.29, 1.82) is 0 Å². The highest BCUT2D eigenvalue weighted by molar-refractivity contribution is 5.22. The van der Waals surface area contributed by atoms with E-state index in [0.29, 0.717) is 6.04 Å². The zero-order chi connectivity index (χ0) is 14.8. The van der Waals surface area contributed by atoms with Gasteiger partial charge < -0.3 is 5.73 Å². The molecular weight excluding hydrogens is 265 g/mol. The molecule has 0 bridgehead atoms. The maximum atomic E-state index is 13.2. The van der Waals surface area contributed by atoms with Crippen LogP contribution in [0.25, 0.3) is 0 Å². The number of piperidine rings is 1. The molecule has 2 aliphatic heterocycles. The molecule has 4 heteroatoms. The smallest absolute Gasteiger partial charge is 0.123 e. The highest BCUT2D eigenvalue weighted by atomic mass is 19.1. The van der Waals surface area contributed by atoms with Crippen molar-refractivity contribution in [2.75, 3.05) is 26.2 Å². The summed E-state index contributed by atoms with van der Waals surface area (Å²) < 4.78 is 13.2. The van der Waals surface area contributed by atoms with Crippen LogP contribution in [-0.4, -0.2) is 48.1 Å². The van der Waals surface area contributed by atoms with E-state index < -0.39 is 0 Å². The van der Waals surface area contributed by atoms with Crippen molar-refractivity contribution in [2.24, 2.45) is 5.73 Å². The van der Waals surface area contributed by atoms with E-state index in [0.717, 1.165) is 25.2 Å². The minimum Gasteiger partial charge on any atom is -0.326 e. The van der Waals surface area contributed by atoms with Gasteiger partial charge >= 0.3 is 0 Å². The molecule has 0 saturated carbocycles. The summed E-state index contributed by atoms with van der Waals surface area (Å²) in [5.74, 6) is -0.181. The first kappa shape index (κ1) is 14.9. The second-order valence-corrected chi connectivity index (χ2v) is 6.54. The number of rotatable bonds is 3. The summed E-state index contributed by atoms with van der Waals surface area (Å²) in [6.45, 7) is 6.58. The monoisotopic (exact) mass is 291 g/mol. The summed E-state index contributed by atoms with van der Waals surface area (Å²) in [6, 6.07) is 7.77. The maximum Gasteiger partial charge on any atom is 0.123 e. The van der Waals surface area contributed by atoms with E-state index in [4.69, 9.17) is 5.73 Å². The Hall–Kier alpha value is -0.970. The summed E-state index contributed by atoms with van der Waals surface area (Å²) >= 11 is 0. The molecule has 2 fully saturated rings. The van der Waals surface area contributed by atoms with Gasteiger partial charge in [0.2, 0.25) is 0 Å². The molecule has 116 valence electrons. The van der Waals surface area contributed by atoms with Gasteiger partial charge in [-0.05, 0) is 44.0 Å². The lowest BCUT2D eigenvalue weighted by molar-refractivity contribution is 0.0219. The Labute approximate surface area is 126 Å². The fourth-order valence-electron chi connectivity index (χ4n) is 3.94. The molecule has 2 saturated heterocycles. The second-order valence-electron chi connectivity index (χ2n) is 6.54. The minimum atomic E-state index is -0.181. The van der Waals surface area contributed by atoms with Crippen LogP contribution >= 0.6 is 0 Å². The summed E-state index contributed by atoms with van der Waals surface area (Å²) in [4.78, 5) is 5.13. The molecule has 3 rings (SSSR count). The Morgan fingerprint density at radius 2 is 1.90 bits per heavy atom. The average molecular weight is 291 g/mol. The van der Waals surface area contributed by atoms with E-state index in [9.17, 15) is 4.39 Å². The van der Waals surface area contributed by atoms with Gasteiger partial charge in [0.1, 0.15) is 5.82 Å². The van der Waals surface area contributed by atoms with Gasteiger partial charge in [-0.25, -0.2) is 4.39 Å². The third-order valence-electron chi connectivity index (χ3n) is 4.97. The molecule has 0 aromatic heterocycles. The van der Waals surface area contributed by atoms with E-state index in [-0.39, 0.29) is 17.9 Å². The topological polar surface area (TPSA) is 32.5 Å². The first-order valence-electron chi connectivity index (χ1n) is 8.14. The number of hydrogen-bond donors (Lipinski definition) is 1. The number of nitrogens with zero attached hydrogens (tertiary/aromatic N) is 2. The lowest BCUT2D eigenvalue weighted by atomic mass is 9.94. The van der Waals surface area contributed by atoms with Crippen molar-refractivity contribution in [1.82, 2.24) is 9.80 Å². The van der Waals surface area contributed by atoms with E-state index in [1.54, 1.807) is 12.1 Å². The van der Waals surface area contributed by atoms with Crippen LogP contribution in [0.15, 0.2) is 24.3 Å². The standard InChI is InChI=1S/C17H26FN3/c1-13(19)17(14-5-7-15(18)8-6-14)21-11-10-20-9-3-2-4-16(20)12-21/h5-8,13,16-17H,2-4,9-12,19H2,1H3. The third-order valence-corrected chi connectivity index (χ3v) is 4.97. The van der Waals surface area contributed by atoms with Crippen LogP contribution in [0.2, 0.25) is 0 Å².